The van der Waals surface area contributed by atoms with Gasteiger partial charge in [-0.2, -0.15) is 0 Å². The maximum Gasteiger partial charge on any atom is 0.0241 e. The average Bonchev–Trinajstić information content (AvgIpc) is 2.97. The highest BCUT2D eigenvalue weighted by Crippen LogP contribution is 2.35. The van der Waals surface area contributed by atoms with Crippen LogP contribution >= 0.6 is 11.3 Å². The molecule has 2 nitrogen and oxygen atoms in total. The molecule has 3 N–H and O–H groups in total. The first-order valence-electron chi connectivity index (χ1n) is 7.83. The van der Waals surface area contributed by atoms with Crippen LogP contribution in [0, 0.1) is 11.8 Å². The van der Waals surface area contributed by atoms with Gasteiger partial charge in [-0.25, -0.2) is 0 Å². The molecule has 1 aromatic rings. The second-order valence-corrected chi connectivity index (χ2v) is 6.89. The zero-order chi connectivity index (χ0) is 13.5. The van der Waals surface area contributed by atoms with Crippen LogP contribution in [0.15, 0.2) is 17.5 Å². The molecule has 3 heteroatoms. The second-order valence-electron chi connectivity index (χ2n) is 5.86. The molecule has 0 amide bonds. The minimum absolute atomic E-state index is 0.519. The second kappa shape index (κ2) is 8.03. The van der Waals surface area contributed by atoms with Gasteiger partial charge in [-0.15, -0.1) is 11.3 Å². The first kappa shape index (κ1) is 15.0. The predicted molar refractivity (Wildman–Crippen MR) is 84.1 cm³/mol. The van der Waals surface area contributed by atoms with Crippen LogP contribution in [0.5, 0.6) is 0 Å². The van der Waals surface area contributed by atoms with Crippen LogP contribution in [-0.2, 0) is 6.42 Å². The van der Waals surface area contributed by atoms with Gasteiger partial charge in [0.25, 0.3) is 0 Å². The minimum atomic E-state index is 0.519. The van der Waals surface area contributed by atoms with Crippen molar-refractivity contribution in [1.82, 2.24) is 5.43 Å². The van der Waals surface area contributed by atoms with Gasteiger partial charge in [0.2, 0.25) is 0 Å². The van der Waals surface area contributed by atoms with Gasteiger partial charge in [-0.3, -0.25) is 11.3 Å². The van der Waals surface area contributed by atoms with Crippen LogP contribution in [0.2, 0.25) is 0 Å². The van der Waals surface area contributed by atoms with E-state index in [1.807, 2.05) is 11.3 Å². The molecule has 1 fully saturated rings. The summed E-state index contributed by atoms with van der Waals surface area (Å²) in [7, 11) is 0. The summed E-state index contributed by atoms with van der Waals surface area (Å²) in [5, 5.41) is 2.17. The van der Waals surface area contributed by atoms with Crippen molar-refractivity contribution in [1.29, 1.82) is 0 Å². The smallest absolute Gasteiger partial charge is 0.0241 e. The van der Waals surface area contributed by atoms with E-state index in [1.165, 1.54) is 56.2 Å². The van der Waals surface area contributed by atoms with Crippen molar-refractivity contribution < 1.29 is 0 Å². The molecule has 108 valence electrons. The molecule has 3 atom stereocenters. The van der Waals surface area contributed by atoms with Gasteiger partial charge in [0.15, 0.2) is 0 Å². The van der Waals surface area contributed by atoms with Crippen molar-refractivity contribution in [2.24, 2.45) is 17.7 Å². The Hall–Kier alpha value is -0.380. The Kier molecular flexibility index (Phi) is 6.35. The molecule has 1 saturated carbocycles. The fourth-order valence-corrected chi connectivity index (χ4v) is 4.40. The normalized spacial score (nSPS) is 25.4. The Morgan fingerprint density at radius 3 is 2.95 bits per heavy atom. The monoisotopic (exact) mass is 280 g/mol. The van der Waals surface area contributed by atoms with Crippen LogP contribution in [0.3, 0.4) is 0 Å². The molecular formula is C16H28N2S. The molecule has 1 heterocycles. The molecule has 2 rings (SSSR count). The first-order chi connectivity index (χ1) is 9.35. The third kappa shape index (κ3) is 4.30. The zero-order valence-corrected chi connectivity index (χ0v) is 12.9. The van der Waals surface area contributed by atoms with Crippen molar-refractivity contribution in [2.45, 2.75) is 64.3 Å². The van der Waals surface area contributed by atoms with Gasteiger partial charge in [0, 0.05) is 10.9 Å². The number of hydrogen-bond acceptors (Lipinski definition) is 3. The minimum Gasteiger partial charge on any atom is -0.271 e. The van der Waals surface area contributed by atoms with Gasteiger partial charge in [0.1, 0.15) is 0 Å². The number of hydrogen-bond donors (Lipinski definition) is 2. The van der Waals surface area contributed by atoms with Gasteiger partial charge in [0.05, 0.1) is 0 Å². The number of hydrazine groups is 1. The lowest BCUT2D eigenvalue weighted by atomic mass is 9.73. The van der Waals surface area contributed by atoms with E-state index in [2.05, 4.69) is 29.9 Å². The topological polar surface area (TPSA) is 38.0 Å². The highest BCUT2D eigenvalue weighted by atomic mass is 32.1. The largest absolute Gasteiger partial charge is 0.271 e. The van der Waals surface area contributed by atoms with Crippen molar-refractivity contribution in [3.63, 3.8) is 0 Å². The fraction of sp³-hybridized carbons (Fsp3) is 0.750. The Morgan fingerprint density at radius 2 is 2.26 bits per heavy atom. The van der Waals surface area contributed by atoms with Crippen LogP contribution in [0.1, 0.15) is 56.7 Å². The Morgan fingerprint density at radius 1 is 1.42 bits per heavy atom. The molecule has 0 radical (unpaired) electrons. The van der Waals surface area contributed by atoms with Gasteiger partial charge in [-0.1, -0.05) is 38.7 Å². The van der Waals surface area contributed by atoms with E-state index in [0.717, 1.165) is 11.8 Å². The molecule has 0 spiro atoms. The number of nitrogens with two attached hydrogens (primary N) is 1. The summed E-state index contributed by atoms with van der Waals surface area (Å²) in [6, 6.07) is 4.91. The molecular weight excluding hydrogens is 252 g/mol. The molecule has 1 aromatic heterocycles. The molecule has 0 bridgehead atoms. The quantitative estimate of drug-likeness (QED) is 0.582. The Bertz CT molecular complexity index is 337. The summed E-state index contributed by atoms with van der Waals surface area (Å²) in [5.74, 6) is 7.52. The third-order valence-electron chi connectivity index (χ3n) is 4.74. The van der Waals surface area contributed by atoms with Crippen LogP contribution < -0.4 is 11.3 Å². The summed E-state index contributed by atoms with van der Waals surface area (Å²) in [4.78, 5) is 1.51. The van der Waals surface area contributed by atoms with Gasteiger partial charge >= 0.3 is 0 Å². The van der Waals surface area contributed by atoms with Crippen molar-refractivity contribution in [2.75, 3.05) is 0 Å². The SMILES string of the molecule is CCC1CCCCC1C(CCCc1cccs1)NN. The highest BCUT2D eigenvalue weighted by molar-refractivity contribution is 7.09. The Balaban J connectivity index is 1.81. The summed E-state index contributed by atoms with van der Waals surface area (Å²) < 4.78 is 0. The van der Waals surface area contributed by atoms with Crippen molar-refractivity contribution in [3.05, 3.63) is 22.4 Å². The van der Waals surface area contributed by atoms with E-state index in [9.17, 15) is 0 Å². The van der Waals surface area contributed by atoms with E-state index in [1.54, 1.807) is 0 Å². The highest BCUT2D eigenvalue weighted by Gasteiger charge is 2.29. The first-order valence-corrected chi connectivity index (χ1v) is 8.71. The van der Waals surface area contributed by atoms with E-state index in [4.69, 9.17) is 5.84 Å². The number of thiophene rings is 1. The summed E-state index contributed by atoms with van der Waals surface area (Å²) in [6.45, 7) is 2.34. The van der Waals surface area contributed by atoms with E-state index in [-0.39, 0.29) is 0 Å². The summed E-state index contributed by atoms with van der Waals surface area (Å²) >= 11 is 1.87. The molecule has 0 aromatic carbocycles. The van der Waals surface area contributed by atoms with Crippen LogP contribution in [0.25, 0.3) is 0 Å². The lowest BCUT2D eigenvalue weighted by Crippen LogP contribution is -2.44. The lowest BCUT2D eigenvalue weighted by Gasteiger charge is -2.36. The van der Waals surface area contributed by atoms with Gasteiger partial charge < -0.3 is 0 Å². The third-order valence-corrected chi connectivity index (χ3v) is 5.68. The molecule has 19 heavy (non-hydrogen) atoms. The standard InChI is InChI=1S/C16H28N2S/c1-2-13-7-3-4-10-15(13)16(18-17)11-5-8-14-9-6-12-19-14/h6,9,12-13,15-16,18H,2-5,7-8,10-11,17H2,1H3. The fourth-order valence-electron chi connectivity index (χ4n) is 3.64. The predicted octanol–water partition coefficient (Wildman–Crippen LogP) is 4.12. The molecule has 1 aliphatic rings. The maximum atomic E-state index is 5.83. The zero-order valence-electron chi connectivity index (χ0n) is 12.1. The number of rotatable bonds is 7. The number of nitrogens with one attached hydrogen (secondary N) is 1. The molecule has 0 aliphatic heterocycles. The number of aryl methyl sites for hydroxylation is 1. The van der Waals surface area contributed by atoms with Crippen LogP contribution in [0.4, 0.5) is 0 Å². The average molecular weight is 280 g/mol. The van der Waals surface area contributed by atoms with Gasteiger partial charge in [-0.05, 0) is 49.0 Å². The van der Waals surface area contributed by atoms with E-state index >= 15 is 0 Å². The Labute approximate surface area is 121 Å². The molecule has 3 unspecified atom stereocenters. The summed E-state index contributed by atoms with van der Waals surface area (Å²) in [6.07, 6.45) is 10.6. The summed E-state index contributed by atoms with van der Waals surface area (Å²) in [5.41, 5.74) is 3.12. The van der Waals surface area contributed by atoms with E-state index in [0.29, 0.717) is 6.04 Å². The van der Waals surface area contributed by atoms with Crippen molar-refractivity contribution in [3.8, 4) is 0 Å². The van der Waals surface area contributed by atoms with Crippen LogP contribution in [-0.4, -0.2) is 6.04 Å². The van der Waals surface area contributed by atoms with E-state index < -0.39 is 0 Å². The molecule has 1 aliphatic carbocycles. The maximum absolute atomic E-state index is 5.83. The van der Waals surface area contributed by atoms with Crippen molar-refractivity contribution >= 4 is 11.3 Å². The molecule has 0 saturated heterocycles. The lowest BCUT2D eigenvalue weighted by molar-refractivity contribution is 0.168.